The standard InChI is InChI=1S/C14H14ClN7/c15-10-1-3-12(4-2-10)21-8-7-11(9-21)16-13-5-6-14-17-19-20-22(14)18-13/h1-6,11H,7-9H2,(H,16,18). The molecule has 1 N–H and O–H groups in total. The molecule has 0 aliphatic carbocycles. The van der Waals surface area contributed by atoms with E-state index in [0.29, 0.717) is 11.7 Å². The highest BCUT2D eigenvalue weighted by Crippen LogP contribution is 2.23. The molecule has 112 valence electrons. The van der Waals surface area contributed by atoms with E-state index in [1.165, 1.54) is 10.3 Å². The average molecular weight is 316 g/mol. The van der Waals surface area contributed by atoms with Crippen molar-refractivity contribution in [1.29, 1.82) is 0 Å². The Bertz CT molecular complexity index is 785. The summed E-state index contributed by atoms with van der Waals surface area (Å²) in [5.74, 6) is 0.780. The van der Waals surface area contributed by atoms with Gasteiger partial charge in [0.15, 0.2) is 5.65 Å². The first-order valence-electron chi connectivity index (χ1n) is 7.10. The number of benzene rings is 1. The number of rotatable bonds is 3. The summed E-state index contributed by atoms with van der Waals surface area (Å²) in [6.07, 6.45) is 1.05. The van der Waals surface area contributed by atoms with Crippen molar-refractivity contribution in [2.75, 3.05) is 23.3 Å². The summed E-state index contributed by atoms with van der Waals surface area (Å²) in [7, 11) is 0. The molecule has 1 aliphatic rings. The van der Waals surface area contributed by atoms with Crippen LogP contribution in [0.2, 0.25) is 5.02 Å². The van der Waals surface area contributed by atoms with E-state index < -0.39 is 0 Å². The molecule has 2 aromatic heterocycles. The molecule has 0 saturated carbocycles. The van der Waals surface area contributed by atoms with Gasteiger partial charge in [-0.05, 0) is 53.2 Å². The molecule has 1 atom stereocenters. The number of nitrogens with zero attached hydrogens (tertiary/aromatic N) is 6. The van der Waals surface area contributed by atoms with Crippen molar-refractivity contribution in [1.82, 2.24) is 25.3 Å². The van der Waals surface area contributed by atoms with E-state index in [9.17, 15) is 0 Å². The summed E-state index contributed by atoms with van der Waals surface area (Å²) in [5.41, 5.74) is 1.83. The van der Waals surface area contributed by atoms with Gasteiger partial charge in [-0.3, -0.25) is 0 Å². The first kappa shape index (κ1) is 13.3. The molecule has 1 unspecified atom stereocenters. The molecule has 0 bridgehead atoms. The Labute approximate surface area is 131 Å². The van der Waals surface area contributed by atoms with E-state index in [0.717, 1.165) is 30.4 Å². The molecule has 0 spiro atoms. The van der Waals surface area contributed by atoms with Crippen LogP contribution in [-0.2, 0) is 0 Å². The molecular weight excluding hydrogens is 302 g/mol. The number of hydrogen-bond acceptors (Lipinski definition) is 6. The lowest BCUT2D eigenvalue weighted by molar-refractivity contribution is 0.722. The van der Waals surface area contributed by atoms with Gasteiger partial charge in [-0.15, -0.1) is 14.8 Å². The van der Waals surface area contributed by atoms with Crippen LogP contribution in [0, 0.1) is 0 Å². The monoisotopic (exact) mass is 315 g/mol. The fourth-order valence-electron chi connectivity index (χ4n) is 2.70. The van der Waals surface area contributed by atoms with E-state index in [-0.39, 0.29) is 0 Å². The van der Waals surface area contributed by atoms with E-state index in [4.69, 9.17) is 11.6 Å². The van der Waals surface area contributed by atoms with Gasteiger partial charge in [-0.2, -0.15) is 0 Å². The third-order valence-electron chi connectivity index (χ3n) is 3.80. The third kappa shape index (κ3) is 2.55. The van der Waals surface area contributed by atoms with Gasteiger partial charge >= 0.3 is 0 Å². The van der Waals surface area contributed by atoms with E-state index in [1.807, 2.05) is 24.3 Å². The minimum Gasteiger partial charge on any atom is -0.369 e. The topological polar surface area (TPSA) is 71.2 Å². The van der Waals surface area contributed by atoms with Crippen molar-refractivity contribution in [3.05, 3.63) is 41.4 Å². The van der Waals surface area contributed by atoms with Crippen LogP contribution >= 0.6 is 11.6 Å². The van der Waals surface area contributed by atoms with E-state index in [2.05, 4.69) is 43.0 Å². The van der Waals surface area contributed by atoms with Gasteiger partial charge in [-0.25, -0.2) is 0 Å². The molecule has 1 fully saturated rings. The van der Waals surface area contributed by atoms with Gasteiger partial charge < -0.3 is 10.2 Å². The van der Waals surface area contributed by atoms with Crippen LogP contribution in [0.25, 0.3) is 5.65 Å². The largest absolute Gasteiger partial charge is 0.369 e. The number of nitrogens with one attached hydrogen (secondary N) is 1. The number of fused-ring (bicyclic) bond motifs is 1. The molecule has 3 heterocycles. The lowest BCUT2D eigenvalue weighted by Gasteiger charge is -2.19. The highest BCUT2D eigenvalue weighted by atomic mass is 35.5. The number of tetrazole rings is 1. The SMILES string of the molecule is Clc1ccc(N2CCC(Nc3ccc4nnnn4n3)C2)cc1. The normalized spacial score (nSPS) is 18.0. The van der Waals surface area contributed by atoms with Gasteiger partial charge in [-0.1, -0.05) is 11.6 Å². The maximum atomic E-state index is 5.94. The Morgan fingerprint density at radius 1 is 1.14 bits per heavy atom. The average Bonchev–Trinajstić information content (AvgIpc) is 3.17. The zero-order valence-electron chi connectivity index (χ0n) is 11.7. The van der Waals surface area contributed by atoms with Crippen LogP contribution in [-0.4, -0.2) is 44.4 Å². The van der Waals surface area contributed by atoms with E-state index in [1.54, 1.807) is 0 Å². The van der Waals surface area contributed by atoms with Gasteiger partial charge in [0, 0.05) is 29.8 Å². The second kappa shape index (κ2) is 5.42. The highest BCUT2D eigenvalue weighted by molar-refractivity contribution is 6.30. The summed E-state index contributed by atoms with van der Waals surface area (Å²) in [6.45, 7) is 1.93. The summed E-state index contributed by atoms with van der Waals surface area (Å²) in [4.78, 5) is 2.34. The van der Waals surface area contributed by atoms with Crippen LogP contribution in [0.3, 0.4) is 0 Å². The third-order valence-corrected chi connectivity index (χ3v) is 4.05. The van der Waals surface area contributed by atoms with Crippen LogP contribution in [0.4, 0.5) is 11.5 Å². The highest BCUT2D eigenvalue weighted by Gasteiger charge is 2.23. The summed E-state index contributed by atoms with van der Waals surface area (Å²) >= 11 is 5.94. The Morgan fingerprint density at radius 3 is 2.86 bits per heavy atom. The lowest BCUT2D eigenvalue weighted by atomic mass is 10.2. The van der Waals surface area contributed by atoms with Gasteiger partial charge in [0.1, 0.15) is 5.82 Å². The van der Waals surface area contributed by atoms with Crippen LogP contribution < -0.4 is 10.2 Å². The molecule has 4 rings (SSSR count). The predicted octanol–water partition coefficient (Wildman–Crippen LogP) is 1.86. The zero-order chi connectivity index (χ0) is 14.9. The Balaban J connectivity index is 1.45. The second-order valence-corrected chi connectivity index (χ2v) is 5.73. The maximum Gasteiger partial charge on any atom is 0.200 e. The molecule has 1 saturated heterocycles. The quantitative estimate of drug-likeness (QED) is 0.795. The number of anilines is 2. The molecule has 8 heteroatoms. The van der Waals surface area contributed by atoms with Crippen LogP contribution in [0.15, 0.2) is 36.4 Å². The fourth-order valence-corrected chi connectivity index (χ4v) is 2.83. The van der Waals surface area contributed by atoms with Crippen molar-refractivity contribution in [3.63, 3.8) is 0 Å². The summed E-state index contributed by atoms with van der Waals surface area (Å²) < 4.78 is 1.42. The zero-order valence-corrected chi connectivity index (χ0v) is 12.5. The van der Waals surface area contributed by atoms with Crippen molar-refractivity contribution >= 4 is 28.8 Å². The smallest absolute Gasteiger partial charge is 0.200 e. The number of hydrogen-bond donors (Lipinski definition) is 1. The fraction of sp³-hybridized carbons (Fsp3) is 0.286. The van der Waals surface area contributed by atoms with Crippen LogP contribution in [0.5, 0.6) is 0 Å². The molecule has 1 aromatic carbocycles. The number of halogens is 1. The lowest BCUT2D eigenvalue weighted by Crippen LogP contribution is -2.26. The molecule has 0 radical (unpaired) electrons. The molecule has 22 heavy (non-hydrogen) atoms. The van der Waals surface area contributed by atoms with Gasteiger partial charge in [0.25, 0.3) is 0 Å². The Kier molecular flexibility index (Phi) is 3.27. The summed E-state index contributed by atoms with van der Waals surface area (Å²) in [5, 5.41) is 19.8. The van der Waals surface area contributed by atoms with Crippen molar-refractivity contribution in [3.8, 4) is 0 Å². The second-order valence-electron chi connectivity index (χ2n) is 5.30. The first-order valence-corrected chi connectivity index (χ1v) is 7.48. The molecular formula is C14H14ClN7. The van der Waals surface area contributed by atoms with Crippen molar-refractivity contribution in [2.45, 2.75) is 12.5 Å². The Hall–Kier alpha value is -2.41. The predicted molar refractivity (Wildman–Crippen MR) is 84.3 cm³/mol. The van der Waals surface area contributed by atoms with Gasteiger partial charge in [0.2, 0.25) is 0 Å². The minimum atomic E-state index is 0.345. The summed E-state index contributed by atoms with van der Waals surface area (Å²) in [6, 6.07) is 12.0. The molecule has 0 amide bonds. The number of aromatic nitrogens is 5. The minimum absolute atomic E-state index is 0.345. The molecule has 3 aromatic rings. The van der Waals surface area contributed by atoms with Crippen molar-refractivity contribution in [2.24, 2.45) is 0 Å². The molecule has 7 nitrogen and oxygen atoms in total. The van der Waals surface area contributed by atoms with Gasteiger partial charge in [0.05, 0.1) is 0 Å². The first-order chi connectivity index (χ1) is 10.8. The Morgan fingerprint density at radius 2 is 2.00 bits per heavy atom. The van der Waals surface area contributed by atoms with Crippen LogP contribution in [0.1, 0.15) is 6.42 Å². The molecule has 1 aliphatic heterocycles. The van der Waals surface area contributed by atoms with E-state index >= 15 is 0 Å². The van der Waals surface area contributed by atoms with Crippen molar-refractivity contribution < 1.29 is 0 Å². The maximum absolute atomic E-state index is 5.94.